The summed E-state index contributed by atoms with van der Waals surface area (Å²) in [4.78, 5) is 16.9. The van der Waals surface area contributed by atoms with E-state index in [0.29, 0.717) is 23.7 Å². The number of carbonyl (C=O) groups excluding carboxylic acids is 1. The van der Waals surface area contributed by atoms with Crippen molar-refractivity contribution in [3.63, 3.8) is 0 Å². The van der Waals surface area contributed by atoms with Crippen LogP contribution in [0, 0.1) is 17.8 Å². The molecule has 22 heavy (non-hydrogen) atoms. The van der Waals surface area contributed by atoms with Gasteiger partial charge in [-0.15, -0.1) is 12.4 Å². The summed E-state index contributed by atoms with van der Waals surface area (Å²) in [7, 11) is 1.86. The number of piperidine rings is 1. The average molecular weight is 326 g/mol. The van der Waals surface area contributed by atoms with Gasteiger partial charge >= 0.3 is 0 Å². The molecular formula is C15H24ClN5O. The lowest BCUT2D eigenvalue weighted by atomic mass is 9.98. The number of carbonyl (C=O) groups is 1. The van der Waals surface area contributed by atoms with Crippen molar-refractivity contribution in [3.05, 3.63) is 5.82 Å². The smallest absolute Gasteiger partial charge is 0.230 e. The monoisotopic (exact) mass is 325 g/mol. The highest BCUT2D eigenvalue weighted by Crippen LogP contribution is 2.57. The minimum absolute atomic E-state index is 0. The van der Waals surface area contributed by atoms with Gasteiger partial charge in [0.25, 0.3) is 0 Å². The molecule has 0 aromatic carbocycles. The number of fused-ring (bicyclic) bond motifs is 1. The molecule has 2 unspecified atom stereocenters. The molecule has 3 fully saturated rings. The summed E-state index contributed by atoms with van der Waals surface area (Å²) < 4.78 is 1.72. The number of hydrogen-bond acceptors (Lipinski definition) is 4. The maximum atomic E-state index is 12.3. The minimum Gasteiger partial charge on any atom is -0.317 e. The number of halogens is 1. The van der Waals surface area contributed by atoms with E-state index >= 15 is 0 Å². The summed E-state index contributed by atoms with van der Waals surface area (Å²) in [6, 6.07) is 0. The highest BCUT2D eigenvalue weighted by Gasteiger charge is 2.56. The molecule has 2 aliphatic carbocycles. The number of nitrogens with one attached hydrogen (secondary N) is 2. The Labute approximate surface area is 136 Å². The molecule has 122 valence electrons. The Morgan fingerprint density at radius 1 is 1.23 bits per heavy atom. The van der Waals surface area contributed by atoms with Gasteiger partial charge in [-0.3, -0.25) is 10.1 Å². The van der Waals surface area contributed by atoms with Gasteiger partial charge in [0.05, 0.1) is 0 Å². The number of hydrogen-bond donors (Lipinski definition) is 2. The predicted molar refractivity (Wildman–Crippen MR) is 86.0 cm³/mol. The van der Waals surface area contributed by atoms with Gasteiger partial charge in [-0.05, 0) is 50.6 Å². The standard InChI is InChI=1S/C15H23N5O.ClH/c1-20-15(17-13(19-20)9-5-7-16-8-6-9)18-14(21)12-10-3-2-4-11(10)12;/h9-12,16H,2-8H2,1H3,(H,17,18,19,21);1H. The Kier molecular flexibility index (Phi) is 4.41. The molecule has 0 radical (unpaired) electrons. The van der Waals surface area contributed by atoms with Crippen LogP contribution in [0.4, 0.5) is 5.95 Å². The van der Waals surface area contributed by atoms with Crippen LogP contribution in [0.25, 0.3) is 0 Å². The van der Waals surface area contributed by atoms with Gasteiger partial charge < -0.3 is 5.32 Å². The Hall–Kier alpha value is -1.14. The van der Waals surface area contributed by atoms with Crippen molar-refractivity contribution in [2.45, 2.75) is 38.0 Å². The first-order valence-electron chi connectivity index (χ1n) is 8.16. The molecule has 1 aromatic heterocycles. The summed E-state index contributed by atoms with van der Waals surface area (Å²) in [5.74, 6) is 3.58. The fourth-order valence-electron chi connectivity index (χ4n) is 4.17. The van der Waals surface area contributed by atoms with Crippen molar-refractivity contribution in [3.8, 4) is 0 Å². The Balaban J connectivity index is 0.00000144. The van der Waals surface area contributed by atoms with Gasteiger partial charge in [0.1, 0.15) is 0 Å². The van der Waals surface area contributed by atoms with Crippen LogP contribution < -0.4 is 10.6 Å². The quantitative estimate of drug-likeness (QED) is 0.887. The van der Waals surface area contributed by atoms with E-state index < -0.39 is 0 Å². The fraction of sp³-hybridized carbons (Fsp3) is 0.800. The minimum atomic E-state index is 0. The van der Waals surface area contributed by atoms with Gasteiger partial charge in [-0.25, -0.2) is 4.68 Å². The Morgan fingerprint density at radius 3 is 2.59 bits per heavy atom. The molecule has 6 nitrogen and oxygen atoms in total. The molecule has 2 N–H and O–H groups in total. The lowest BCUT2D eigenvalue weighted by Crippen LogP contribution is -2.27. The summed E-state index contributed by atoms with van der Waals surface area (Å²) in [6.07, 6.45) is 5.89. The number of amides is 1. The molecule has 3 aliphatic rings. The van der Waals surface area contributed by atoms with E-state index in [9.17, 15) is 4.79 Å². The van der Waals surface area contributed by atoms with Crippen LogP contribution in [0.5, 0.6) is 0 Å². The van der Waals surface area contributed by atoms with Gasteiger partial charge in [-0.1, -0.05) is 6.42 Å². The lowest BCUT2D eigenvalue weighted by Gasteiger charge is -2.19. The van der Waals surface area contributed by atoms with Crippen LogP contribution in [0.15, 0.2) is 0 Å². The molecule has 4 rings (SSSR count). The van der Waals surface area contributed by atoms with Gasteiger partial charge in [-0.2, -0.15) is 10.1 Å². The van der Waals surface area contributed by atoms with E-state index in [1.807, 2.05) is 7.05 Å². The van der Waals surface area contributed by atoms with Crippen LogP contribution in [-0.4, -0.2) is 33.8 Å². The summed E-state index contributed by atoms with van der Waals surface area (Å²) in [6.45, 7) is 2.05. The average Bonchev–Trinajstić information content (AvgIpc) is 2.83. The first-order valence-corrected chi connectivity index (χ1v) is 8.16. The van der Waals surface area contributed by atoms with Crippen molar-refractivity contribution in [1.29, 1.82) is 0 Å². The molecule has 2 saturated carbocycles. The zero-order valence-electron chi connectivity index (χ0n) is 12.9. The lowest BCUT2D eigenvalue weighted by molar-refractivity contribution is -0.118. The van der Waals surface area contributed by atoms with Crippen molar-refractivity contribution in [2.24, 2.45) is 24.8 Å². The second kappa shape index (κ2) is 6.16. The number of aromatic nitrogens is 3. The second-order valence-electron chi connectivity index (χ2n) is 6.72. The first kappa shape index (κ1) is 15.7. The normalized spacial score (nSPS) is 30.5. The van der Waals surface area contributed by atoms with Gasteiger partial charge in [0, 0.05) is 18.9 Å². The number of rotatable bonds is 3. The zero-order chi connectivity index (χ0) is 14.4. The highest BCUT2D eigenvalue weighted by molar-refractivity contribution is 5.93. The molecule has 0 bridgehead atoms. The van der Waals surface area contributed by atoms with Crippen molar-refractivity contribution < 1.29 is 4.79 Å². The van der Waals surface area contributed by atoms with Gasteiger partial charge in [0.2, 0.25) is 11.9 Å². The van der Waals surface area contributed by atoms with Crippen molar-refractivity contribution >= 4 is 24.3 Å². The van der Waals surface area contributed by atoms with E-state index in [-0.39, 0.29) is 24.2 Å². The molecule has 1 aromatic rings. The third-order valence-electron chi connectivity index (χ3n) is 5.43. The van der Waals surface area contributed by atoms with Crippen LogP contribution in [0.3, 0.4) is 0 Å². The predicted octanol–water partition coefficient (Wildman–Crippen LogP) is 1.69. The Morgan fingerprint density at radius 2 is 1.91 bits per heavy atom. The van der Waals surface area contributed by atoms with E-state index in [1.165, 1.54) is 19.3 Å². The third kappa shape index (κ3) is 2.74. The van der Waals surface area contributed by atoms with Crippen LogP contribution in [0.2, 0.25) is 0 Å². The third-order valence-corrected chi connectivity index (χ3v) is 5.43. The number of nitrogens with zero attached hydrogens (tertiary/aromatic N) is 3. The molecule has 1 amide bonds. The molecule has 1 aliphatic heterocycles. The summed E-state index contributed by atoms with van der Waals surface area (Å²) in [5.41, 5.74) is 0. The molecule has 0 spiro atoms. The van der Waals surface area contributed by atoms with Gasteiger partial charge in [0.15, 0.2) is 5.82 Å². The summed E-state index contributed by atoms with van der Waals surface area (Å²) in [5, 5.41) is 10.8. The van der Waals surface area contributed by atoms with Crippen molar-refractivity contribution in [1.82, 2.24) is 20.1 Å². The van der Waals surface area contributed by atoms with Crippen LogP contribution in [0.1, 0.15) is 43.8 Å². The molecular weight excluding hydrogens is 302 g/mol. The maximum absolute atomic E-state index is 12.3. The maximum Gasteiger partial charge on any atom is 0.230 e. The fourth-order valence-corrected chi connectivity index (χ4v) is 4.17. The first-order chi connectivity index (χ1) is 10.2. The molecule has 2 atom stereocenters. The van der Waals surface area contributed by atoms with E-state index in [1.54, 1.807) is 4.68 Å². The van der Waals surface area contributed by atoms with E-state index in [4.69, 9.17) is 0 Å². The highest BCUT2D eigenvalue weighted by atomic mass is 35.5. The largest absolute Gasteiger partial charge is 0.317 e. The zero-order valence-corrected chi connectivity index (χ0v) is 13.7. The SMILES string of the molecule is Cl.Cn1nc(C2CCNCC2)nc1NC(=O)C1C2CCCC21. The topological polar surface area (TPSA) is 71.8 Å². The number of aryl methyl sites for hydroxylation is 1. The molecule has 2 heterocycles. The van der Waals surface area contributed by atoms with Crippen LogP contribution >= 0.6 is 12.4 Å². The van der Waals surface area contributed by atoms with E-state index in [2.05, 4.69) is 20.7 Å². The second-order valence-corrected chi connectivity index (χ2v) is 6.72. The number of anilines is 1. The Bertz CT molecular complexity index is 544. The van der Waals surface area contributed by atoms with E-state index in [0.717, 1.165) is 31.8 Å². The molecule has 7 heteroatoms. The van der Waals surface area contributed by atoms with Crippen molar-refractivity contribution in [2.75, 3.05) is 18.4 Å². The molecule has 1 saturated heterocycles. The van der Waals surface area contributed by atoms with Crippen LogP contribution in [-0.2, 0) is 11.8 Å². The summed E-state index contributed by atoms with van der Waals surface area (Å²) >= 11 is 0.